The molecule has 0 aliphatic carbocycles. The molecule has 1 amide bonds. The average Bonchev–Trinajstić information content (AvgIpc) is 2.76. The number of amides is 1. The van der Waals surface area contributed by atoms with Gasteiger partial charge in [-0.3, -0.25) is 4.79 Å². The monoisotopic (exact) mass is 278 g/mol. The Kier molecular flexibility index (Phi) is 6.11. The second-order valence-corrected chi connectivity index (χ2v) is 5.54. The van der Waals surface area contributed by atoms with Crippen molar-refractivity contribution in [2.24, 2.45) is 0 Å². The molecule has 2 saturated heterocycles. The molecular formula is C15H25BNO3. The van der Waals surface area contributed by atoms with Gasteiger partial charge in [-0.05, 0) is 25.7 Å². The van der Waals surface area contributed by atoms with Gasteiger partial charge in [-0.25, -0.2) is 0 Å². The molecule has 0 aromatic rings. The van der Waals surface area contributed by atoms with Crippen molar-refractivity contribution >= 4 is 13.2 Å². The molecule has 2 aliphatic heterocycles. The van der Waals surface area contributed by atoms with Crippen LogP contribution >= 0.6 is 0 Å². The third-order valence-electron chi connectivity index (χ3n) is 4.03. The second kappa shape index (κ2) is 7.84. The highest BCUT2D eigenvalue weighted by atomic mass is 16.7. The van der Waals surface area contributed by atoms with Gasteiger partial charge in [0.15, 0.2) is 6.29 Å². The predicted octanol–water partition coefficient (Wildman–Crippen LogP) is 2.25. The molecule has 1 unspecified atom stereocenters. The summed E-state index contributed by atoms with van der Waals surface area (Å²) in [5.41, 5.74) is 0. The summed E-state index contributed by atoms with van der Waals surface area (Å²) in [6.07, 6.45) is 7.25. The van der Waals surface area contributed by atoms with Crippen LogP contribution in [0, 0.1) is 0 Å². The molecule has 111 valence electrons. The highest BCUT2D eigenvalue weighted by Gasteiger charge is 2.39. The van der Waals surface area contributed by atoms with Crippen LogP contribution in [0.25, 0.3) is 0 Å². The van der Waals surface area contributed by atoms with Crippen LogP contribution in [0.5, 0.6) is 0 Å². The van der Waals surface area contributed by atoms with E-state index >= 15 is 0 Å². The SMILES string of the molecule is C=C[C@H]1[C@H](OC2CCCCO2)CC(=O)N1CCC[B]C. The molecule has 2 aliphatic rings. The molecule has 1 radical (unpaired) electrons. The third kappa shape index (κ3) is 3.86. The van der Waals surface area contributed by atoms with E-state index in [1.54, 1.807) is 0 Å². The standard InChI is InChI=1S/C15H25BNO3/c1-3-12-13(20-15-7-4-5-10-19-15)11-14(18)17(12)9-6-8-16-2/h3,12-13,15H,1,4-11H2,2H3/t12-,13+,15?/m0/s1. The lowest BCUT2D eigenvalue weighted by atomic mass is 9.77. The molecule has 2 rings (SSSR count). The molecule has 5 heteroatoms. The van der Waals surface area contributed by atoms with Crippen LogP contribution in [0.2, 0.25) is 13.1 Å². The van der Waals surface area contributed by atoms with Crippen LogP contribution in [0.4, 0.5) is 0 Å². The first kappa shape index (κ1) is 15.6. The van der Waals surface area contributed by atoms with E-state index in [2.05, 4.69) is 13.9 Å². The fourth-order valence-corrected chi connectivity index (χ4v) is 2.94. The van der Waals surface area contributed by atoms with Crippen LogP contribution in [0.15, 0.2) is 12.7 Å². The highest BCUT2D eigenvalue weighted by Crippen LogP contribution is 2.27. The normalized spacial score (nSPS) is 30.6. The summed E-state index contributed by atoms with van der Waals surface area (Å²) < 4.78 is 11.6. The van der Waals surface area contributed by atoms with E-state index in [1.807, 2.05) is 17.8 Å². The molecule has 0 saturated carbocycles. The van der Waals surface area contributed by atoms with Crippen LogP contribution in [0.1, 0.15) is 32.1 Å². The number of hydrogen-bond donors (Lipinski definition) is 0. The van der Waals surface area contributed by atoms with E-state index in [9.17, 15) is 4.79 Å². The fraction of sp³-hybridized carbons (Fsp3) is 0.800. The number of carbonyl (C=O) groups is 1. The summed E-state index contributed by atoms with van der Waals surface area (Å²) in [6, 6.07) is -0.00937. The number of ether oxygens (including phenoxy) is 2. The van der Waals surface area contributed by atoms with Crippen molar-refractivity contribution in [1.29, 1.82) is 0 Å². The number of hydrogen-bond acceptors (Lipinski definition) is 3. The third-order valence-corrected chi connectivity index (χ3v) is 4.03. The molecule has 0 bridgehead atoms. The van der Waals surface area contributed by atoms with E-state index in [1.165, 1.54) is 0 Å². The van der Waals surface area contributed by atoms with Crippen molar-refractivity contribution in [2.75, 3.05) is 13.2 Å². The fourth-order valence-electron chi connectivity index (χ4n) is 2.94. The van der Waals surface area contributed by atoms with Crippen molar-refractivity contribution in [2.45, 2.75) is 63.7 Å². The first-order valence-electron chi connectivity index (χ1n) is 7.73. The molecule has 0 N–H and O–H groups in total. The van der Waals surface area contributed by atoms with Gasteiger partial charge in [-0.2, -0.15) is 0 Å². The highest BCUT2D eigenvalue weighted by molar-refractivity contribution is 6.33. The van der Waals surface area contributed by atoms with Gasteiger partial charge in [0.2, 0.25) is 5.91 Å². The molecule has 4 nitrogen and oxygen atoms in total. The summed E-state index contributed by atoms with van der Waals surface area (Å²) in [5, 5.41) is 0. The maximum Gasteiger partial charge on any atom is 0.225 e. The maximum absolute atomic E-state index is 12.1. The van der Waals surface area contributed by atoms with Crippen molar-refractivity contribution in [3.05, 3.63) is 12.7 Å². The second-order valence-electron chi connectivity index (χ2n) is 5.54. The predicted molar refractivity (Wildman–Crippen MR) is 79.8 cm³/mol. The summed E-state index contributed by atoms with van der Waals surface area (Å²) in [7, 11) is 2.13. The van der Waals surface area contributed by atoms with Gasteiger partial charge < -0.3 is 14.4 Å². The summed E-state index contributed by atoms with van der Waals surface area (Å²) in [4.78, 5) is 14.0. The molecule has 3 atom stereocenters. The average molecular weight is 278 g/mol. The zero-order chi connectivity index (χ0) is 14.4. The van der Waals surface area contributed by atoms with Crippen LogP contribution in [-0.4, -0.2) is 49.7 Å². The number of nitrogens with zero attached hydrogens (tertiary/aromatic N) is 1. The van der Waals surface area contributed by atoms with Crippen LogP contribution < -0.4 is 0 Å². The van der Waals surface area contributed by atoms with Gasteiger partial charge >= 0.3 is 0 Å². The van der Waals surface area contributed by atoms with Gasteiger partial charge in [0.05, 0.1) is 18.6 Å². The van der Waals surface area contributed by atoms with E-state index in [0.29, 0.717) is 6.42 Å². The number of rotatable bonds is 7. The van der Waals surface area contributed by atoms with E-state index in [-0.39, 0.29) is 24.3 Å². The molecule has 2 fully saturated rings. The van der Waals surface area contributed by atoms with Crippen molar-refractivity contribution < 1.29 is 14.3 Å². The zero-order valence-electron chi connectivity index (χ0n) is 12.4. The van der Waals surface area contributed by atoms with Crippen molar-refractivity contribution in [3.8, 4) is 0 Å². The summed E-state index contributed by atoms with van der Waals surface area (Å²) >= 11 is 0. The lowest BCUT2D eigenvalue weighted by Gasteiger charge is -2.29. The van der Waals surface area contributed by atoms with E-state index < -0.39 is 0 Å². The minimum absolute atomic E-state index is 0.00937. The first-order valence-corrected chi connectivity index (χ1v) is 7.73. The molecule has 2 heterocycles. The summed E-state index contributed by atoms with van der Waals surface area (Å²) in [5.74, 6) is 0.173. The first-order chi connectivity index (χ1) is 9.76. The van der Waals surface area contributed by atoms with Crippen molar-refractivity contribution in [3.63, 3.8) is 0 Å². The Morgan fingerprint density at radius 1 is 1.55 bits per heavy atom. The van der Waals surface area contributed by atoms with Gasteiger partial charge in [0.25, 0.3) is 0 Å². The van der Waals surface area contributed by atoms with Crippen LogP contribution in [-0.2, 0) is 14.3 Å². The van der Waals surface area contributed by atoms with E-state index in [0.717, 1.165) is 45.2 Å². The largest absolute Gasteiger partial charge is 0.353 e. The quantitative estimate of drug-likeness (QED) is 0.407. The topological polar surface area (TPSA) is 38.8 Å². The Balaban J connectivity index is 1.89. The molecule has 0 spiro atoms. The molecule has 0 aromatic heterocycles. The zero-order valence-corrected chi connectivity index (χ0v) is 12.4. The Labute approximate surface area is 122 Å². The van der Waals surface area contributed by atoms with Crippen molar-refractivity contribution in [1.82, 2.24) is 4.90 Å². The van der Waals surface area contributed by atoms with Gasteiger partial charge in [0, 0.05) is 13.2 Å². The number of likely N-dealkylation sites (tertiary alicyclic amines) is 1. The smallest absolute Gasteiger partial charge is 0.225 e. The van der Waals surface area contributed by atoms with Gasteiger partial charge in [0.1, 0.15) is 7.28 Å². The minimum atomic E-state index is -0.145. The van der Waals surface area contributed by atoms with Gasteiger partial charge in [-0.1, -0.05) is 19.2 Å². The molecule has 20 heavy (non-hydrogen) atoms. The Morgan fingerprint density at radius 2 is 2.40 bits per heavy atom. The van der Waals surface area contributed by atoms with Crippen LogP contribution in [0.3, 0.4) is 0 Å². The lowest BCUT2D eigenvalue weighted by Crippen LogP contribution is -2.39. The molecule has 0 aromatic carbocycles. The summed E-state index contributed by atoms with van der Waals surface area (Å²) in [6.45, 7) is 7.47. The maximum atomic E-state index is 12.1. The van der Waals surface area contributed by atoms with Gasteiger partial charge in [-0.15, -0.1) is 6.58 Å². The minimum Gasteiger partial charge on any atom is -0.353 e. The lowest BCUT2D eigenvalue weighted by molar-refractivity contribution is -0.189. The Morgan fingerprint density at radius 3 is 3.05 bits per heavy atom. The Hall–Kier alpha value is -0.805. The Bertz CT molecular complexity index is 331. The molecular weight excluding hydrogens is 253 g/mol. The number of carbonyl (C=O) groups excluding carboxylic acids is 1. The van der Waals surface area contributed by atoms with E-state index in [4.69, 9.17) is 9.47 Å².